The summed E-state index contributed by atoms with van der Waals surface area (Å²) in [7, 11) is 2.44. The van der Waals surface area contributed by atoms with Gasteiger partial charge in [-0.2, -0.15) is 9.68 Å². The van der Waals surface area contributed by atoms with Crippen LogP contribution in [0, 0.1) is 10.3 Å². The molecule has 0 saturated heterocycles. The van der Waals surface area contributed by atoms with Gasteiger partial charge in [0.2, 0.25) is 0 Å². The van der Waals surface area contributed by atoms with Crippen LogP contribution < -0.4 is 11.5 Å². The lowest BCUT2D eigenvalue weighted by molar-refractivity contribution is -0.972. The molecule has 0 bridgehead atoms. The molecule has 10 heavy (non-hydrogen) atoms. The summed E-state index contributed by atoms with van der Waals surface area (Å²) in [6.07, 6.45) is 0. The summed E-state index contributed by atoms with van der Waals surface area (Å²) in [5.74, 6) is -0.333. The third kappa shape index (κ3) is 31.7. The Morgan fingerprint density at radius 2 is 1.60 bits per heavy atom. The predicted octanol–water partition coefficient (Wildman–Crippen LogP) is -1.27. The minimum Gasteiger partial charge on any atom is -0.370 e. The lowest BCUT2D eigenvalue weighted by Gasteiger charge is -1.74. The van der Waals surface area contributed by atoms with Gasteiger partial charge < -0.3 is 11.5 Å². The van der Waals surface area contributed by atoms with E-state index in [1.165, 1.54) is 14.2 Å². The summed E-state index contributed by atoms with van der Waals surface area (Å²) >= 11 is 0. The van der Waals surface area contributed by atoms with E-state index >= 15 is 0 Å². The van der Waals surface area contributed by atoms with Crippen molar-refractivity contribution in [3.63, 3.8) is 0 Å². The van der Waals surface area contributed by atoms with E-state index in [9.17, 15) is 4.91 Å². The highest BCUT2D eigenvalue weighted by molar-refractivity contribution is 5.71. The van der Waals surface area contributed by atoms with Crippen molar-refractivity contribution in [1.29, 1.82) is 5.41 Å². The second kappa shape index (κ2) is 7.47. The SMILES string of the molecule is CO[N+](=O)OC.N=C(N)N. The van der Waals surface area contributed by atoms with E-state index in [0.717, 1.165) is 0 Å². The molecule has 0 rings (SSSR count). The molecule has 0 aromatic carbocycles. The van der Waals surface area contributed by atoms with Gasteiger partial charge in [0.05, 0.1) is 0 Å². The molecule has 7 nitrogen and oxygen atoms in total. The minimum absolute atomic E-state index is 0. The fourth-order valence-electron chi connectivity index (χ4n) is 0.0745. The van der Waals surface area contributed by atoms with Crippen molar-refractivity contribution in [3.8, 4) is 0 Å². The van der Waals surface area contributed by atoms with Crippen LogP contribution >= 0.6 is 0 Å². The van der Waals surface area contributed by atoms with Crippen molar-refractivity contribution in [2.75, 3.05) is 14.2 Å². The Hall–Kier alpha value is -1.53. The number of nitrogens with zero attached hydrogens (tertiary/aromatic N) is 1. The molecule has 0 aromatic rings. The molecule has 7 heteroatoms. The maximum atomic E-state index is 9.65. The van der Waals surface area contributed by atoms with Crippen molar-refractivity contribution in [2.45, 2.75) is 0 Å². The van der Waals surface area contributed by atoms with E-state index in [-0.39, 0.29) is 11.0 Å². The van der Waals surface area contributed by atoms with Gasteiger partial charge in [0.25, 0.3) is 0 Å². The maximum absolute atomic E-state index is 9.65. The van der Waals surface area contributed by atoms with Gasteiger partial charge in [-0.25, -0.2) is 0 Å². The van der Waals surface area contributed by atoms with E-state index in [0.29, 0.717) is 0 Å². The van der Waals surface area contributed by atoms with Gasteiger partial charge in [-0.3, -0.25) is 5.41 Å². The smallest absolute Gasteiger partial charge is 0.370 e. The van der Waals surface area contributed by atoms with E-state index in [2.05, 4.69) is 21.1 Å². The van der Waals surface area contributed by atoms with Gasteiger partial charge in [0, 0.05) is 0 Å². The van der Waals surface area contributed by atoms with Crippen LogP contribution in [0.3, 0.4) is 0 Å². The van der Waals surface area contributed by atoms with Crippen LogP contribution in [0.15, 0.2) is 0 Å². The Bertz CT molecular complexity index is 104. The third-order valence-electron chi connectivity index (χ3n) is 0.298. The van der Waals surface area contributed by atoms with Gasteiger partial charge in [0.15, 0.2) is 20.2 Å². The van der Waals surface area contributed by atoms with Gasteiger partial charge in [-0.05, 0) is 0 Å². The lowest BCUT2D eigenvalue weighted by atomic mass is 11.1. The van der Waals surface area contributed by atoms with Crippen LogP contribution in [0.25, 0.3) is 0 Å². The zero-order valence-corrected chi connectivity index (χ0v) is 5.83. The van der Waals surface area contributed by atoms with Crippen LogP contribution in [0.5, 0.6) is 0 Å². The first kappa shape index (κ1) is 11.3. The van der Waals surface area contributed by atoms with Crippen LogP contribution in [-0.4, -0.2) is 25.3 Å². The average Bonchev–Trinajstić information content (AvgIpc) is 1.85. The van der Waals surface area contributed by atoms with Crippen molar-refractivity contribution >= 4 is 5.96 Å². The molecule has 0 heterocycles. The van der Waals surface area contributed by atoms with Crippen LogP contribution in [0.1, 0.15) is 0 Å². The summed E-state index contributed by atoms with van der Waals surface area (Å²) < 4.78 is 0. The quantitative estimate of drug-likeness (QED) is 0.258. The lowest BCUT2D eigenvalue weighted by Crippen LogP contribution is -2.20. The zero-order valence-electron chi connectivity index (χ0n) is 5.83. The predicted molar refractivity (Wildman–Crippen MR) is 33.7 cm³/mol. The largest absolute Gasteiger partial charge is 0.476 e. The van der Waals surface area contributed by atoms with Gasteiger partial charge in [0.1, 0.15) is 4.91 Å². The number of hydrogen-bond acceptors (Lipinski definition) is 4. The molecular weight excluding hydrogens is 140 g/mol. The third-order valence-corrected chi connectivity index (χ3v) is 0.298. The molecule has 0 saturated carbocycles. The Morgan fingerprint density at radius 1 is 1.40 bits per heavy atom. The second-order valence-corrected chi connectivity index (χ2v) is 1.04. The Labute approximate surface area is 57.9 Å². The monoisotopic (exact) mass is 151 g/mol. The standard InChI is InChI=1S/C2H6NO3.CH5N3/c1-5-3(4)6-2;2-1(3)4/h1-2H3;(H5,2,3,4)/q+1;. The summed E-state index contributed by atoms with van der Waals surface area (Å²) in [5, 5.41) is 6.06. The Balaban J connectivity index is 0. The van der Waals surface area contributed by atoms with Crippen molar-refractivity contribution in [3.05, 3.63) is 4.91 Å². The Morgan fingerprint density at radius 3 is 1.60 bits per heavy atom. The first-order valence-electron chi connectivity index (χ1n) is 2.19. The maximum Gasteiger partial charge on any atom is 0.476 e. The molecule has 0 aromatic heterocycles. The molecule has 60 valence electrons. The molecule has 0 radical (unpaired) electrons. The first-order valence-corrected chi connectivity index (χ1v) is 2.19. The molecule has 0 fully saturated rings. The molecule has 5 N–H and O–H groups in total. The topological polar surface area (TPSA) is 114 Å². The van der Waals surface area contributed by atoms with Crippen LogP contribution in [-0.2, 0) is 9.68 Å². The normalized spacial score (nSPS) is 6.60. The van der Waals surface area contributed by atoms with Gasteiger partial charge in [-0.1, -0.05) is 0 Å². The number of nitrogens with two attached hydrogens (primary N) is 2. The summed E-state index contributed by atoms with van der Waals surface area (Å²) in [6, 6.07) is 0. The van der Waals surface area contributed by atoms with E-state index in [1.54, 1.807) is 0 Å². The molecule has 0 amide bonds. The highest BCUT2D eigenvalue weighted by Crippen LogP contribution is 1.66. The summed E-state index contributed by atoms with van der Waals surface area (Å²) in [4.78, 5) is 17.6. The molecule has 0 spiro atoms. The summed E-state index contributed by atoms with van der Waals surface area (Å²) in [5.41, 5.74) is 8.94. The molecule has 0 unspecified atom stereocenters. The highest BCUT2D eigenvalue weighted by Gasteiger charge is 1.98. The average molecular weight is 151 g/mol. The van der Waals surface area contributed by atoms with Crippen LogP contribution in [0.4, 0.5) is 0 Å². The summed E-state index contributed by atoms with van der Waals surface area (Å²) in [6.45, 7) is 0. The van der Waals surface area contributed by atoms with Crippen molar-refractivity contribution in [2.24, 2.45) is 11.5 Å². The van der Waals surface area contributed by atoms with Crippen LogP contribution in [0.2, 0.25) is 0 Å². The van der Waals surface area contributed by atoms with Crippen molar-refractivity contribution < 1.29 is 14.8 Å². The second-order valence-electron chi connectivity index (χ2n) is 1.04. The number of rotatable bonds is 2. The fourth-order valence-corrected chi connectivity index (χ4v) is 0.0745. The minimum atomic E-state index is -0.333. The zero-order chi connectivity index (χ0) is 8.57. The number of hydrogen-bond donors (Lipinski definition) is 3. The molecule has 0 aliphatic heterocycles. The number of nitrogens with one attached hydrogen (secondary N) is 1. The van der Waals surface area contributed by atoms with E-state index in [4.69, 9.17) is 5.41 Å². The van der Waals surface area contributed by atoms with Crippen molar-refractivity contribution in [1.82, 2.24) is 0 Å². The fraction of sp³-hybridized carbons (Fsp3) is 0.667. The van der Waals surface area contributed by atoms with Gasteiger partial charge >= 0.3 is 5.09 Å². The number of guanidine groups is 1. The Kier molecular flexibility index (Phi) is 8.43. The molecule has 0 atom stereocenters. The van der Waals surface area contributed by atoms with Gasteiger partial charge in [-0.15, -0.1) is 0 Å². The van der Waals surface area contributed by atoms with E-state index < -0.39 is 0 Å². The highest BCUT2D eigenvalue weighted by atomic mass is 17.0. The van der Waals surface area contributed by atoms with E-state index in [1.807, 2.05) is 0 Å². The molecular formula is C3H11N4O3+. The molecule has 0 aliphatic carbocycles. The first-order chi connectivity index (χ1) is 4.54. The molecule has 0 aliphatic rings.